The molecular formula is C18H23N3O3S. The Morgan fingerprint density at radius 1 is 1.08 bits per heavy atom. The van der Waals surface area contributed by atoms with Gasteiger partial charge in [-0.2, -0.15) is 18.4 Å². The highest BCUT2D eigenvalue weighted by Gasteiger charge is 2.13. The molecule has 2 aromatic rings. The second-order valence-corrected chi connectivity index (χ2v) is 7.30. The smallest absolute Gasteiger partial charge is 0.276 e. The molecule has 134 valence electrons. The van der Waals surface area contributed by atoms with Crippen LogP contribution in [0.5, 0.6) is 5.75 Å². The fourth-order valence-electron chi connectivity index (χ4n) is 2.13. The van der Waals surface area contributed by atoms with Crippen LogP contribution in [0.3, 0.4) is 0 Å². The van der Waals surface area contributed by atoms with Gasteiger partial charge in [0.2, 0.25) is 0 Å². The highest BCUT2D eigenvalue weighted by atomic mass is 32.2. The largest absolute Gasteiger partial charge is 0.494 e. The Balaban J connectivity index is 2.12. The third-order valence-corrected chi connectivity index (χ3v) is 4.80. The SMILES string of the molecule is CCOc1ccc(S(=O)(=O)N/N=C(/C)c2ccc(N(C)C)cc2)cc1. The summed E-state index contributed by atoms with van der Waals surface area (Å²) in [6.07, 6.45) is 0. The molecule has 7 heteroatoms. The van der Waals surface area contributed by atoms with Gasteiger partial charge in [-0.25, -0.2) is 0 Å². The Kier molecular flexibility index (Phi) is 6.03. The Bertz CT molecular complexity index is 827. The topological polar surface area (TPSA) is 71.0 Å². The number of rotatable bonds is 7. The first-order valence-corrected chi connectivity index (χ1v) is 9.38. The maximum Gasteiger partial charge on any atom is 0.276 e. The van der Waals surface area contributed by atoms with Crippen molar-refractivity contribution in [3.8, 4) is 5.75 Å². The number of hydrogen-bond acceptors (Lipinski definition) is 5. The van der Waals surface area contributed by atoms with E-state index in [2.05, 4.69) is 9.93 Å². The van der Waals surface area contributed by atoms with Crippen molar-refractivity contribution >= 4 is 21.4 Å². The molecule has 0 amide bonds. The summed E-state index contributed by atoms with van der Waals surface area (Å²) in [6, 6.07) is 13.9. The lowest BCUT2D eigenvalue weighted by atomic mass is 10.1. The first-order valence-electron chi connectivity index (χ1n) is 7.90. The summed E-state index contributed by atoms with van der Waals surface area (Å²) in [5, 5.41) is 4.01. The maximum atomic E-state index is 12.3. The molecule has 0 atom stereocenters. The molecule has 0 saturated heterocycles. The predicted molar refractivity (Wildman–Crippen MR) is 101 cm³/mol. The summed E-state index contributed by atoms with van der Waals surface area (Å²) in [5.41, 5.74) is 2.49. The lowest BCUT2D eigenvalue weighted by Crippen LogP contribution is -2.20. The number of hydrazone groups is 1. The Labute approximate surface area is 149 Å². The average molecular weight is 361 g/mol. The number of nitrogens with zero attached hydrogens (tertiary/aromatic N) is 2. The quantitative estimate of drug-likeness (QED) is 0.608. The number of benzene rings is 2. The monoisotopic (exact) mass is 361 g/mol. The lowest BCUT2D eigenvalue weighted by molar-refractivity contribution is 0.340. The van der Waals surface area contributed by atoms with Crippen molar-refractivity contribution in [1.82, 2.24) is 4.83 Å². The Hall–Kier alpha value is -2.54. The number of anilines is 1. The molecule has 0 aromatic heterocycles. The molecule has 0 radical (unpaired) electrons. The zero-order chi connectivity index (χ0) is 18.4. The lowest BCUT2D eigenvalue weighted by Gasteiger charge is -2.12. The fraction of sp³-hybridized carbons (Fsp3) is 0.278. The van der Waals surface area contributed by atoms with Crippen LogP contribution in [0.2, 0.25) is 0 Å². The molecule has 2 rings (SSSR count). The summed E-state index contributed by atoms with van der Waals surface area (Å²) >= 11 is 0. The standard InChI is InChI=1S/C18H23N3O3S/c1-5-24-17-10-12-18(13-11-17)25(22,23)20-19-14(2)15-6-8-16(9-7-15)21(3)4/h6-13,20H,5H2,1-4H3/b19-14-. The zero-order valence-corrected chi connectivity index (χ0v) is 15.7. The molecule has 0 fully saturated rings. The number of hydrogen-bond donors (Lipinski definition) is 1. The van der Waals surface area contributed by atoms with Gasteiger partial charge < -0.3 is 9.64 Å². The van der Waals surface area contributed by atoms with Gasteiger partial charge in [0.15, 0.2) is 0 Å². The summed E-state index contributed by atoms with van der Waals surface area (Å²) < 4.78 is 29.9. The van der Waals surface area contributed by atoms with Crippen molar-refractivity contribution in [3.05, 3.63) is 54.1 Å². The van der Waals surface area contributed by atoms with E-state index in [9.17, 15) is 8.42 Å². The number of nitrogens with one attached hydrogen (secondary N) is 1. The molecular weight excluding hydrogens is 338 g/mol. The fourth-order valence-corrected chi connectivity index (χ4v) is 2.99. The van der Waals surface area contributed by atoms with Crippen LogP contribution in [-0.4, -0.2) is 34.8 Å². The van der Waals surface area contributed by atoms with Crippen molar-refractivity contribution in [2.45, 2.75) is 18.7 Å². The van der Waals surface area contributed by atoms with Crippen LogP contribution in [-0.2, 0) is 10.0 Å². The zero-order valence-electron chi connectivity index (χ0n) is 14.9. The van der Waals surface area contributed by atoms with Crippen LogP contribution in [0.1, 0.15) is 19.4 Å². The summed E-state index contributed by atoms with van der Waals surface area (Å²) in [4.78, 5) is 4.40. The van der Waals surface area contributed by atoms with Gasteiger partial charge in [0.1, 0.15) is 5.75 Å². The second kappa shape index (κ2) is 8.02. The van der Waals surface area contributed by atoms with E-state index in [-0.39, 0.29) is 4.90 Å². The summed E-state index contributed by atoms with van der Waals surface area (Å²) in [5.74, 6) is 0.627. The average Bonchev–Trinajstić information content (AvgIpc) is 2.60. The molecule has 0 aliphatic heterocycles. The molecule has 6 nitrogen and oxygen atoms in total. The van der Waals surface area contributed by atoms with Gasteiger partial charge in [-0.15, -0.1) is 0 Å². The van der Waals surface area contributed by atoms with Crippen LogP contribution in [0.15, 0.2) is 58.5 Å². The summed E-state index contributed by atoms with van der Waals surface area (Å²) in [7, 11) is 0.201. The van der Waals surface area contributed by atoms with E-state index in [1.54, 1.807) is 19.1 Å². The predicted octanol–water partition coefficient (Wildman–Crippen LogP) is 2.85. The molecule has 25 heavy (non-hydrogen) atoms. The van der Waals surface area contributed by atoms with E-state index in [0.717, 1.165) is 11.3 Å². The molecule has 0 aliphatic carbocycles. The van der Waals surface area contributed by atoms with Gasteiger partial charge in [0, 0.05) is 19.8 Å². The van der Waals surface area contributed by atoms with E-state index in [1.807, 2.05) is 50.2 Å². The molecule has 0 saturated carbocycles. The van der Waals surface area contributed by atoms with Crippen LogP contribution in [0.25, 0.3) is 0 Å². The second-order valence-electron chi connectivity index (χ2n) is 5.64. The molecule has 1 N–H and O–H groups in total. The van der Waals surface area contributed by atoms with E-state index in [0.29, 0.717) is 18.1 Å². The van der Waals surface area contributed by atoms with Crippen molar-refractivity contribution in [3.63, 3.8) is 0 Å². The van der Waals surface area contributed by atoms with Gasteiger partial charge >= 0.3 is 0 Å². The highest BCUT2D eigenvalue weighted by Crippen LogP contribution is 2.16. The molecule has 0 heterocycles. The first kappa shape index (κ1) is 18.8. The molecule has 0 spiro atoms. The Morgan fingerprint density at radius 3 is 2.20 bits per heavy atom. The van der Waals surface area contributed by atoms with Crippen LogP contribution >= 0.6 is 0 Å². The van der Waals surface area contributed by atoms with Crippen LogP contribution in [0, 0.1) is 0 Å². The molecule has 0 unspecified atom stereocenters. The van der Waals surface area contributed by atoms with Crippen molar-refractivity contribution in [2.24, 2.45) is 5.10 Å². The maximum absolute atomic E-state index is 12.3. The van der Waals surface area contributed by atoms with Gasteiger partial charge in [0.25, 0.3) is 10.0 Å². The van der Waals surface area contributed by atoms with E-state index in [1.165, 1.54) is 12.1 Å². The molecule has 2 aromatic carbocycles. The van der Waals surface area contributed by atoms with Crippen molar-refractivity contribution in [1.29, 1.82) is 0 Å². The van der Waals surface area contributed by atoms with Gasteiger partial charge in [-0.1, -0.05) is 12.1 Å². The van der Waals surface area contributed by atoms with Crippen molar-refractivity contribution < 1.29 is 13.2 Å². The minimum atomic E-state index is -3.72. The van der Waals surface area contributed by atoms with Crippen LogP contribution < -0.4 is 14.5 Å². The Morgan fingerprint density at radius 2 is 1.68 bits per heavy atom. The van der Waals surface area contributed by atoms with Gasteiger partial charge in [-0.3, -0.25) is 0 Å². The van der Waals surface area contributed by atoms with Gasteiger partial charge in [-0.05, 0) is 55.8 Å². The summed E-state index contributed by atoms with van der Waals surface area (Å²) in [6.45, 7) is 4.15. The van der Waals surface area contributed by atoms with Crippen LogP contribution in [0.4, 0.5) is 5.69 Å². The van der Waals surface area contributed by atoms with E-state index in [4.69, 9.17) is 4.74 Å². The minimum absolute atomic E-state index is 0.135. The molecule has 0 aliphatic rings. The number of ether oxygens (including phenoxy) is 1. The normalized spacial score (nSPS) is 11.9. The third kappa shape index (κ3) is 4.96. The number of sulfonamides is 1. The van der Waals surface area contributed by atoms with Gasteiger partial charge in [0.05, 0.1) is 17.2 Å². The van der Waals surface area contributed by atoms with Crippen molar-refractivity contribution in [2.75, 3.05) is 25.6 Å². The van der Waals surface area contributed by atoms with E-state index >= 15 is 0 Å². The first-order chi connectivity index (χ1) is 11.8. The molecule has 0 bridgehead atoms. The third-order valence-electron chi connectivity index (χ3n) is 3.58. The highest BCUT2D eigenvalue weighted by molar-refractivity contribution is 7.89. The minimum Gasteiger partial charge on any atom is -0.494 e. The van der Waals surface area contributed by atoms with E-state index < -0.39 is 10.0 Å².